The Kier molecular flexibility index (Phi) is 3.80. The van der Waals surface area contributed by atoms with Gasteiger partial charge in [-0.25, -0.2) is 4.98 Å². The second kappa shape index (κ2) is 5.72. The molecule has 0 aliphatic carbocycles. The Bertz CT molecular complexity index is 531. The molecule has 0 bridgehead atoms. The zero-order valence-corrected chi connectivity index (χ0v) is 9.83. The molecule has 2 aromatic rings. The monoisotopic (exact) mass is 244 g/mol. The van der Waals surface area contributed by atoms with Gasteiger partial charge in [0.25, 0.3) is 5.91 Å². The Morgan fingerprint density at radius 3 is 2.94 bits per heavy atom. The van der Waals surface area contributed by atoms with Gasteiger partial charge in [-0.3, -0.25) is 14.8 Å². The van der Waals surface area contributed by atoms with Gasteiger partial charge in [-0.05, 0) is 11.6 Å². The maximum atomic E-state index is 11.8. The standard InChI is InChI=1S/C12H12N4O2/c1-18-11-8-14-7-10(16-11)12(17)15-6-9-3-2-4-13-5-9/h2-5,7-8H,6H2,1H3,(H,15,17). The molecule has 0 aliphatic heterocycles. The number of nitrogens with zero attached hydrogens (tertiary/aromatic N) is 3. The molecule has 1 amide bonds. The fourth-order valence-corrected chi connectivity index (χ4v) is 1.33. The van der Waals surface area contributed by atoms with Gasteiger partial charge < -0.3 is 10.1 Å². The Morgan fingerprint density at radius 1 is 1.33 bits per heavy atom. The van der Waals surface area contributed by atoms with Crippen molar-refractivity contribution >= 4 is 5.91 Å². The Balaban J connectivity index is 1.99. The first kappa shape index (κ1) is 12.0. The summed E-state index contributed by atoms with van der Waals surface area (Å²) in [5.74, 6) is 0.00859. The van der Waals surface area contributed by atoms with E-state index in [2.05, 4.69) is 20.3 Å². The average Bonchev–Trinajstić information content (AvgIpc) is 2.46. The summed E-state index contributed by atoms with van der Waals surface area (Å²) < 4.78 is 4.90. The van der Waals surface area contributed by atoms with E-state index in [1.807, 2.05) is 12.1 Å². The van der Waals surface area contributed by atoms with Crippen molar-refractivity contribution in [2.75, 3.05) is 7.11 Å². The maximum absolute atomic E-state index is 11.8. The number of ether oxygens (including phenoxy) is 1. The number of pyridine rings is 1. The van der Waals surface area contributed by atoms with Crippen LogP contribution in [0.5, 0.6) is 5.88 Å². The highest BCUT2D eigenvalue weighted by Crippen LogP contribution is 2.04. The molecule has 0 atom stereocenters. The lowest BCUT2D eigenvalue weighted by Crippen LogP contribution is -2.24. The summed E-state index contributed by atoms with van der Waals surface area (Å²) in [5.41, 5.74) is 1.14. The highest BCUT2D eigenvalue weighted by Gasteiger charge is 2.08. The molecule has 0 spiro atoms. The van der Waals surface area contributed by atoms with Crippen molar-refractivity contribution in [2.45, 2.75) is 6.54 Å². The minimum absolute atomic E-state index is 0.221. The smallest absolute Gasteiger partial charge is 0.271 e. The molecule has 2 rings (SSSR count). The summed E-state index contributed by atoms with van der Waals surface area (Å²) in [6.07, 6.45) is 6.20. The molecule has 0 aromatic carbocycles. The van der Waals surface area contributed by atoms with Crippen molar-refractivity contribution in [2.24, 2.45) is 0 Å². The highest BCUT2D eigenvalue weighted by atomic mass is 16.5. The second-order valence-electron chi connectivity index (χ2n) is 3.49. The van der Waals surface area contributed by atoms with Crippen LogP contribution in [-0.2, 0) is 6.54 Å². The Labute approximate surface area is 104 Å². The summed E-state index contributed by atoms with van der Waals surface area (Å²) in [6, 6.07) is 3.69. The zero-order valence-electron chi connectivity index (χ0n) is 9.83. The quantitative estimate of drug-likeness (QED) is 0.861. The van der Waals surface area contributed by atoms with Crippen LogP contribution in [0.1, 0.15) is 16.1 Å². The topological polar surface area (TPSA) is 77.0 Å². The van der Waals surface area contributed by atoms with Gasteiger partial charge in [0.1, 0.15) is 5.69 Å². The molecule has 92 valence electrons. The van der Waals surface area contributed by atoms with E-state index in [1.54, 1.807) is 12.4 Å². The lowest BCUT2D eigenvalue weighted by atomic mass is 10.3. The maximum Gasteiger partial charge on any atom is 0.271 e. The molecule has 0 radical (unpaired) electrons. The van der Waals surface area contributed by atoms with Crippen LogP contribution >= 0.6 is 0 Å². The number of carbonyl (C=O) groups is 1. The third-order valence-corrected chi connectivity index (χ3v) is 2.23. The van der Waals surface area contributed by atoms with Crippen LogP contribution in [0.15, 0.2) is 36.9 Å². The average molecular weight is 244 g/mol. The molecule has 0 unspecified atom stereocenters. The molecule has 0 saturated carbocycles. The molecule has 6 heteroatoms. The molecule has 6 nitrogen and oxygen atoms in total. The third kappa shape index (κ3) is 3.00. The number of nitrogens with one attached hydrogen (secondary N) is 1. The molecular weight excluding hydrogens is 232 g/mol. The zero-order chi connectivity index (χ0) is 12.8. The van der Waals surface area contributed by atoms with Gasteiger partial charge in [0.2, 0.25) is 5.88 Å². The van der Waals surface area contributed by atoms with Crippen molar-refractivity contribution in [3.63, 3.8) is 0 Å². The fourth-order valence-electron chi connectivity index (χ4n) is 1.33. The Morgan fingerprint density at radius 2 is 2.22 bits per heavy atom. The molecule has 18 heavy (non-hydrogen) atoms. The summed E-state index contributed by atoms with van der Waals surface area (Å²) in [7, 11) is 1.47. The minimum Gasteiger partial charge on any atom is -0.480 e. The third-order valence-electron chi connectivity index (χ3n) is 2.23. The first-order valence-corrected chi connectivity index (χ1v) is 5.32. The van der Waals surface area contributed by atoms with Crippen molar-refractivity contribution in [3.8, 4) is 5.88 Å². The first-order chi connectivity index (χ1) is 8.79. The van der Waals surface area contributed by atoms with Crippen LogP contribution in [0.25, 0.3) is 0 Å². The van der Waals surface area contributed by atoms with Gasteiger partial charge in [0, 0.05) is 18.9 Å². The summed E-state index contributed by atoms with van der Waals surface area (Å²) in [4.78, 5) is 23.6. The number of hydrogen-bond acceptors (Lipinski definition) is 5. The number of aromatic nitrogens is 3. The Hall–Kier alpha value is -2.50. The minimum atomic E-state index is -0.301. The normalized spacial score (nSPS) is 9.83. The number of methoxy groups -OCH3 is 1. The molecule has 2 heterocycles. The van der Waals surface area contributed by atoms with Crippen LogP contribution in [0.3, 0.4) is 0 Å². The van der Waals surface area contributed by atoms with Gasteiger partial charge >= 0.3 is 0 Å². The summed E-state index contributed by atoms with van der Waals surface area (Å²) in [6.45, 7) is 0.394. The van der Waals surface area contributed by atoms with Gasteiger partial charge in [-0.15, -0.1) is 0 Å². The van der Waals surface area contributed by atoms with Crippen LogP contribution in [0.2, 0.25) is 0 Å². The van der Waals surface area contributed by atoms with E-state index in [4.69, 9.17) is 4.74 Å². The van der Waals surface area contributed by atoms with E-state index in [1.165, 1.54) is 19.5 Å². The largest absolute Gasteiger partial charge is 0.480 e. The number of hydrogen-bond donors (Lipinski definition) is 1. The van der Waals surface area contributed by atoms with Crippen molar-refractivity contribution < 1.29 is 9.53 Å². The molecule has 1 N–H and O–H groups in total. The van der Waals surface area contributed by atoms with Gasteiger partial charge in [0.05, 0.1) is 19.5 Å². The van der Waals surface area contributed by atoms with E-state index in [-0.39, 0.29) is 11.6 Å². The van der Waals surface area contributed by atoms with Crippen LogP contribution < -0.4 is 10.1 Å². The van der Waals surface area contributed by atoms with E-state index in [9.17, 15) is 4.79 Å². The van der Waals surface area contributed by atoms with E-state index < -0.39 is 0 Å². The first-order valence-electron chi connectivity index (χ1n) is 5.32. The van der Waals surface area contributed by atoms with E-state index in [0.717, 1.165) is 5.56 Å². The molecule has 0 fully saturated rings. The predicted molar refractivity (Wildman–Crippen MR) is 64.0 cm³/mol. The van der Waals surface area contributed by atoms with Gasteiger partial charge in [-0.1, -0.05) is 6.07 Å². The van der Waals surface area contributed by atoms with Crippen molar-refractivity contribution in [1.82, 2.24) is 20.3 Å². The van der Waals surface area contributed by atoms with E-state index >= 15 is 0 Å². The molecular formula is C12H12N4O2. The van der Waals surface area contributed by atoms with Crippen LogP contribution in [-0.4, -0.2) is 28.0 Å². The molecule has 0 aliphatic rings. The summed E-state index contributed by atoms with van der Waals surface area (Å²) >= 11 is 0. The van der Waals surface area contributed by atoms with Crippen LogP contribution in [0, 0.1) is 0 Å². The van der Waals surface area contributed by atoms with Gasteiger partial charge in [-0.2, -0.15) is 0 Å². The number of amides is 1. The SMILES string of the molecule is COc1cncc(C(=O)NCc2cccnc2)n1. The summed E-state index contributed by atoms with van der Waals surface area (Å²) in [5, 5.41) is 2.73. The second-order valence-corrected chi connectivity index (χ2v) is 3.49. The van der Waals surface area contributed by atoms with Crippen molar-refractivity contribution in [1.29, 1.82) is 0 Å². The number of rotatable bonds is 4. The predicted octanol–water partition coefficient (Wildman–Crippen LogP) is 0.810. The number of carbonyl (C=O) groups excluding carboxylic acids is 1. The van der Waals surface area contributed by atoms with Crippen LogP contribution in [0.4, 0.5) is 0 Å². The van der Waals surface area contributed by atoms with Crippen molar-refractivity contribution in [3.05, 3.63) is 48.2 Å². The molecule has 2 aromatic heterocycles. The lowest BCUT2D eigenvalue weighted by molar-refractivity contribution is 0.0944. The van der Waals surface area contributed by atoms with Gasteiger partial charge in [0.15, 0.2) is 0 Å². The molecule has 0 saturated heterocycles. The van der Waals surface area contributed by atoms with E-state index in [0.29, 0.717) is 12.4 Å². The lowest BCUT2D eigenvalue weighted by Gasteiger charge is -2.05. The fraction of sp³-hybridized carbons (Fsp3) is 0.167. The highest BCUT2D eigenvalue weighted by molar-refractivity contribution is 5.91.